The van der Waals surface area contributed by atoms with Crippen LogP contribution in [0.4, 0.5) is 0 Å². The van der Waals surface area contributed by atoms with Crippen molar-refractivity contribution in [2.75, 3.05) is 26.2 Å². The van der Waals surface area contributed by atoms with Crippen molar-refractivity contribution in [3.8, 4) is 0 Å². The summed E-state index contributed by atoms with van der Waals surface area (Å²) in [6, 6.07) is 0. The van der Waals surface area contributed by atoms with E-state index in [1.165, 1.54) is 19.5 Å². The summed E-state index contributed by atoms with van der Waals surface area (Å²) < 4.78 is 0. The minimum atomic E-state index is 0.418. The zero-order valence-corrected chi connectivity index (χ0v) is 11.1. The van der Waals surface area contributed by atoms with E-state index in [9.17, 15) is 0 Å². The van der Waals surface area contributed by atoms with Gasteiger partial charge in [0.25, 0.3) is 0 Å². The van der Waals surface area contributed by atoms with Crippen LogP contribution in [0.3, 0.4) is 0 Å². The van der Waals surface area contributed by atoms with Crippen LogP contribution in [0.25, 0.3) is 0 Å². The van der Waals surface area contributed by atoms with Gasteiger partial charge < -0.3 is 10.6 Å². The van der Waals surface area contributed by atoms with Crippen LogP contribution in [-0.4, -0.2) is 26.2 Å². The lowest BCUT2D eigenvalue weighted by molar-refractivity contribution is 0.238. The average molecular weight is 212 g/mol. The van der Waals surface area contributed by atoms with Crippen molar-refractivity contribution >= 4 is 0 Å². The average Bonchev–Trinajstić information content (AvgIpc) is 2.50. The fourth-order valence-electron chi connectivity index (χ4n) is 1.92. The van der Waals surface area contributed by atoms with E-state index in [4.69, 9.17) is 0 Å². The van der Waals surface area contributed by atoms with E-state index in [0.717, 1.165) is 19.0 Å². The summed E-state index contributed by atoms with van der Waals surface area (Å²) in [5.41, 5.74) is 0.902. The third kappa shape index (κ3) is 4.12. The molecule has 1 heterocycles. The second kappa shape index (κ2) is 4.84. The number of rotatable bonds is 4. The molecule has 0 aliphatic carbocycles. The van der Waals surface area contributed by atoms with Gasteiger partial charge in [0.2, 0.25) is 0 Å². The maximum Gasteiger partial charge on any atom is 0.00179 e. The van der Waals surface area contributed by atoms with Gasteiger partial charge in [-0.2, -0.15) is 0 Å². The van der Waals surface area contributed by atoms with Crippen LogP contribution in [0.2, 0.25) is 0 Å². The van der Waals surface area contributed by atoms with Crippen molar-refractivity contribution < 1.29 is 0 Å². The van der Waals surface area contributed by atoms with Crippen molar-refractivity contribution in [2.45, 2.75) is 41.0 Å². The molecular formula is C13H28N2. The molecule has 1 rings (SSSR count). The van der Waals surface area contributed by atoms with Crippen LogP contribution in [0.15, 0.2) is 0 Å². The molecule has 0 aromatic rings. The first-order valence-electron chi connectivity index (χ1n) is 6.25. The molecule has 0 amide bonds. The molecule has 2 nitrogen and oxygen atoms in total. The Morgan fingerprint density at radius 1 is 1.40 bits per heavy atom. The van der Waals surface area contributed by atoms with Gasteiger partial charge in [0.05, 0.1) is 0 Å². The lowest BCUT2D eigenvalue weighted by atomic mass is 9.82. The Morgan fingerprint density at radius 2 is 2.07 bits per heavy atom. The maximum absolute atomic E-state index is 3.63. The van der Waals surface area contributed by atoms with Gasteiger partial charge in [-0.3, -0.25) is 0 Å². The molecule has 0 aromatic heterocycles. The first kappa shape index (κ1) is 13.0. The largest absolute Gasteiger partial charge is 0.316 e. The van der Waals surface area contributed by atoms with Crippen LogP contribution in [0, 0.1) is 16.7 Å². The van der Waals surface area contributed by atoms with Crippen LogP contribution < -0.4 is 10.6 Å². The van der Waals surface area contributed by atoms with Gasteiger partial charge in [-0.1, -0.05) is 34.6 Å². The van der Waals surface area contributed by atoms with Gasteiger partial charge in [-0.05, 0) is 36.3 Å². The quantitative estimate of drug-likeness (QED) is 0.747. The van der Waals surface area contributed by atoms with E-state index in [-0.39, 0.29) is 0 Å². The summed E-state index contributed by atoms with van der Waals surface area (Å²) >= 11 is 0. The fraction of sp³-hybridized carbons (Fsp3) is 1.00. The summed E-state index contributed by atoms with van der Waals surface area (Å²) in [6.07, 6.45) is 1.31. The predicted molar refractivity (Wildman–Crippen MR) is 67.1 cm³/mol. The Kier molecular flexibility index (Phi) is 4.19. The van der Waals surface area contributed by atoms with E-state index < -0.39 is 0 Å². The molecule has 2 atom stereocenters. The van der Waals surface area contributed by atoms with Crippen molar-refractivity contribution in [3.63, 3.8) is 0 Å². The lowest BCUT2D eigenvalue weighted by Crippen LogP contribution is -2.38. The molecule has 1 aliphatic rings. The maximum atomic E-state index is 3.63. The summed E-state index contributed by atoms with van der Waals surface area (Å²) in [7, 11) is 0. The van der Waals surface area contributed by atoms with E-state index in [1.54, 1.807) is 0 Å². The molecule has 2 heteroatoms. The fourth-order valence-corrected chi connectivity index (χ4v) is 1.92. The van der Waals surface area contributed by atoms with Crippen LogP contribution in [0.5, 0.6) is 0 Å². The molecule has 90 valence electrons. The second-order valence-electron chi connectivity index (χ2n) is 6.64. The second-order valence-corrected chi connectivity index (χ2v) is 6.64. The smallest absolute Gasteiger partial charge is 0.00179 e. The third-order valence-corrected chi connectivity index (χ3v) is 3.94. The molecule has 0 radical (unpaired) electrons. The molecule has 15 heavy (non-hydrogen) atoms. The zero-order chi connectivity index (χ0) is 11.5. The molecule has 0 aromatic carbocycles. The minimum absolute atomic E-state index is 0.418. The monoisotopic (exact) mass is 212 g/mol. The summed E-state index contributed by atoms with van der Waals surface area (Å²) in [6.45, 7) is 16.3. The predicted octanol–water partition coefficient (Wildman–Crippen LogP) is 2.26. The summed E-state index contributed by atoms with van der Waals surface area (Å²) in [5.74, 6) is 0.732. The summed E-state index contributed by atoms with van der Waals surface area (Å²) in [5, 5.41) is 7.08. The first-order chi connectivity index (χ1) is 6.83. The Hall–Kier alpha value is -0.0800. The van der Waals surface area contributed by atoms with Crippen molar-refractivity contribution in [3.05, 3.63) is 0 Å². The van der Waals surface area contributed by atoms with Crippen molar-refractivity contribution in [1.29, 1.82) is 0 Å². The Balaban J connectivity index is 2.21. The Bertz CT molecular complexity index is 187. The number of hydrogen-bond acceptors (Lipinski definition) is 2. The normalized spacial score (nSPS) is 29.4. The molecule has 0 saturated carbocycles. The van der Waals surface area contributed by atoms with Gasteiger partial charge in [0.1, 0.15) is 0 Å². The molecule has 2 unspecified atom stereocenters. The molecule has 1 aliphatic heterocycles. The zero-order valence-electron chi connectivity index (χ0n) is 11.1. The highest BCUT2D eigenvalue weighted by atomic mass is 15.0. The van der Waals surface area contributed by atoms with E-state index in [1.807, 2.05) is 0 Å². The van der Waals surface area contributed by atoms with Crippen LogP contribution >= 0.6 is 0 Å². The van der Waals surface area contributed by atoms with Gasteiger partial charge in [0, 0.05) is 13.1 Å². The molecule has 0 bridgehead atoms. The minimum Gasteiger partial charge on any atom is -0.316 e. The Labute approximate surface area is 95.2 Å². The van der Waals surface area contributed by atoms with E-state index in [0.29, 0.717) is 10.8 Å². The molecular weight excluding hydrogens is 184 g/mol. The van der Waals surface area contributed by atoms with Gasteiger partial charge >= 0.3 is 0 Å². The lowest BCUT2D eigenvalue weighted by Gasteiger charge is -2.30. The molecule has 1 saturated heterocycles. The Morgan fingerprint density at radius 3 is 2.53 bits per heavy atom. The van der Waals surface area contributed by atoms with Crippen LogP contribution in [-0.2, 0) is 0 Å². The van der Waals surface area contributed by atoms with Crippen molar-refractivity contribution in [1.82, 2.24) is 10.6 Å². The van der Waals surface area contributed by atoms with Crippen LogP contribution in [0.1, 0.15) is 41.0 Å². The topological polar surface area (TPSA) is 24.1 Å². The standard InChI is InChI=1S/C13H28N2/c1-11(12(2,3)4)8-15-10-13(5)6-7-14-9-13/h11,14-15H,6-10H2,1-5H3. The number of nitrogens with one attached hydrogen (secondary N) is 2. The first-order valence-corrected chi connectivity index (χ1v) is 6.25. The van der Waals surface area contributed by atoms with Crippen molar-refractivity contribution in [2.24, 2.45) is 16.7 Å². The van der Waals surface area contributed by atoms with Gasteiger partial charge in [0.15, 0.2) is 0 Å². The highest BCUT2D eigenvalue weighted by Gasteiger charge is 2.28. The van der Waals surface area contributed by atoms with Gasteiger partial charge in [-0.15, -0.1) is 0 Å². The van der Waals surface area contributed by atoms with Gasteiger partial charge in [-0.25, -0.2) is 0 Å². The highest BCUT2D eigenvalue weighted by Crippen LogP contribution is 2.26. The van der Waals surface area contributed by atoms with E-state index >= 15 is 0 Å². The molecule has 0 spiro atoms. The summed E-state index contributed by atoms with van der Waals surface area (Å²) in [4.78, 5) is 0. The molecule has 1 fully saturated rings. The third-order valence-electron chi connectivity index (χ3n) is 3.94. The molecule has 2 N–H and O–H groups in total. The number of hydrogen-bond donors (Lipinski definition) is 2. The highest BCUT2D eigenvalue weighted by molar-refractivity contribution is 4.86. The SMILES string of the molecule is CC(CNCC1(C)CCNC1)C(C)(C)C. The van der Waals surface area contributed by atoms with E-state index in [2.05, 4.69) is 45.3 Å².